The van der Waals surface area contributed by atoms with Crippen molar-refractivity contribution in [1.29, 1.82) is 0 Å². The Morgan fingerprint density at radius 1 is 1.31 bits per heavy atom. The van der Waals surface area contributed by atoms with Crippen LogP contribution in [0.2, 0.25) is 0 Å². The molecule has 3 atom stereocenters. The predicted molar refractivity (Wildman–Crippen MR) is 68.8 cm³/mol. The standard InChI is InChI=1S/C13H28N2O/c1-10(2)13(5)14-6-7-15-8-12(4)16-9-11(15)3/h10-14H,6-9H2,1-5H3. The maximum absolute atomic E-state index is 5.62. The van der Waals surface area contributed by atoms with Crippen LogP contribution in [0.4, 0.5) is 0 Å². The fourth-order valence-corrected chi connectivity index (χ4v) is 1.96. The molecular formula is C13H28N2O. The van der Waals surface area contributed by atoms with Gasteiger partial charge in [-0.1, -0.05) is 13.8 Å². The van der Waals surface area contributed by atoms with E-state index in [1.807, 2.05) is 0 Å². The van der Waals surface area contributed by atoms with Gasteiger partial charge in [0.15, 0.2) is 0 Å². The van der Waals surface area contributed by atoms with Gasteiger partial charge in [-0.25, -0.2) is 0 Å². The highest BCUT2D eigenvalue weighted by Gasteiger charge is 2.22. The van der Waals surface area contributed by atoms with Crippen molar-refractivity contribution in [1.82, 2.24) is 10.2 Å². The highest BCUT2D eigenvalue weighted by Crippen LogP contribution is 2.10. The molecule has 1 N–H and O–H groups in total. The number of rotatable bonds is 5. The molecule has 1 heterocycles. The van der Waals surface area contributed by atoms with Crippen LogP contribution in [-0.2, 0) is 4.74 Å². The summed E-state index contributed by atoms with van der Waals surface area (Å²) in [7, 11) is 0. The van der Waals surface area contributed by atoms with Crippen LogP contribution in [0.1, 0.15) is 34.6 Å². The van der Waals surface area contributed by atoms with Gasteiger partial charge in [0.25, 0.3) is 0 Å². The maximum atomic E-state index is 5.62. The number of morpholine rings is 1. The summed E-state index contributed by atoms with van der Waals surface area (Å²) in [5.74, 6) is 0.709. The largest absolute Gasteiger partial charge is 0.376 e. The van der Waals surface area contributed by atoms with E-state index >= 15 is 0 Å². The average Bonchev–Trinajstić information content (AvgIpc) is 2.22. The summed E-state index contributed by atoms with van der Waals surface area (Å²) >= 11 is 0. The second-order valence-corrected chi connectivity index (χ2v) is 5.47. The normalized spacial score (nSPS) is 29.6. The molecule has 3 unspecified atom stereocenters. The first-order valence-corrected chi connectivity index (χ1v) is 6.59. The van der Waals surface area contributed by atoms with Crippen molar-refractivity contribution < 1.29 is 4.74 Å². The molecule has 3 heteroatoms. The lowest BCUT2D eigenvalue weighted by Crippen LogP contribution is -2.50. The van der Waals surface area contributed by atoms with Crippen molar-refractivity contribution >= 4 is 0 Å². The van der Waals surface area contributed by atoms with Crippen molar-refractivity contribution in [2.45, 2.75) is 52.8 Å². The first kappa shape index (κ1) is 13.9. The molecule has 0 aromatic rings. The minimum atomic E-state index is 0.388. The van der Waals surface area contributed by atoms with Gasteiger partial charge in [-0.3, -0.25) is 4.90 Å². The zero-order valence-electron chi connectivity index (χ0n) is 11.5. The van der Waals surface area contributed by atoms with Gasteiger partial charge in [-0.2, -0.15) is 0 Å². The second-order valence-electron chi connectivity index (χ2n) is 5.47. The van der Waals surface area contributed by atoms with E-state index < -0.39 is 0 Å². The molecule has 0 aromatic heterocycles. The summed E-state index contributed by atoms with van der Waals surface area (Å²) in [5, 5.41) is 3.58. The van der Waals surface area contributed by atoms with Crippen molar-refractivity contribution in [2.75, 3.05) is 26.2 Å². The lowest BCUT2D eigenvalue weighted by Gasteiger charge is -2.37. The summed E-state index contributed by atoms with van der Waals surface area (Å²) in [6.07, 6.45) is 0.388. The number of hydrogen-bond donors (Lipinski definition) is 1. The smallest absolute Gasteiger partial charge is 0.0674 e. The molecule has 1 rings (SSSR count). The molecule has 0 spiro atoms. The Balaban J connectivity index is 2.20. The SMILES string of the molecule is CC1CN(CCNC(C)C(C)C)C(C)CO1. The summed E-state index contributed by atoms with van der Waals surface area (Å²) in [6.45, 7) is 15.3. The van der Waals surface area contributed by atoms with Gasteiger partial charge >= 0.3 is 0 Å². The third-order valence-electron chi connectivity index (χ3n) is 3.60. The van der Waals surface area contributed by atoms with E-state index in [0.717, 1.165) is 26.2 Å². The highest BCUT2D eigenvalue weighted by atomic mass is 16.5. The van der Waals surface area contributed by atoms with E-state index in [2.05, 4.69) is 44.8 Å². The van der Waals surface area contributed by atoms with Crippen LogP contribution in [0.5, 0.6) is 0 Å². The van der Waals surface area contributed by atoms with E-state index in [0.29, 0.717) is 24.1 Å². The molecule has 0 radical (unpaired) electrons. The fourth-order valence-electron chi connectivity index (χ4n) is 1.96. The molecule has 96 valence electrons. The molecule has 1 fully saturated rings. The molecule has 0 bridgehead atoms. The quantitative estimate of drug-likeness (QED) is 0.775. The number of nitrogens with one attached hydrogen (secondary N) is 1. The van der Waals surface area contributed by atoms with Crippen LogP contribution < -0.4 is 5.32 Å². The zero-order valence-corrected chi connectivity index (χ0v) is 11.5. The lowest BCUT2D eigenvalue weighted by atomic mass is 10.1. The van der Waals surface area contributed by atoms with Gasteiger partial charge in [0.2, 0.25) is 0 Å². The molecule has 16 heavy (non-hydrogen) atoms. The summed E-state index contributed by atoms with van der Waals surface area (Å²) in [5.41, 5.74) is 0. The van der Waals surface area contributed by atoms with Crippen molar-refractivity contribution in [3.8, 4) is 0 Å². The number of ether oxygens (including phenoxy) is 1. The molecule has 0 aliphatic carbocycles. The maximum Gasteiger partial charge on any atom is 0.0674 e. The molecule has 0 amide bonds. The minimum absolute atomic E-state index is 0.388. The third-order valence-corrected chi connectivity index (χ3v) is 3.60. The third kappa shape index (κ3) is 4.40. The zero-order chi connectivity index (χ0) is 12.1. The van der Waals surface area contributed by atoms with E-state index in [9.17, 15) is 0 Å². The minimum Gasteiger partial charge on any atom is -0.376 e. The Morgan fingerprint density at radius 2 is 2.00 bits per heavy atom. The van der Waals surface area contributed by atoms with Gasteiger partial charge in [0.05, 0.1) is 12.7 Å². The monoisotopic (exact) mass is 228 g/mol. The molecule has 0 saturated carbocycles. The summed E-state index contributed by atoms with van der Waals surface area (Å²) < 4.78 is 5.62. The van der Waals surface area contributed by atoms with E-state index in [1.165, 1.54) is 0 Å². The Kier molecular flexibility index (Phi) is 5.73. The Labute approximate surface area is 101 Å². The first-order chi connectivity index (χ1) is 7.50. The van der Waals surface area contributed by atoms with E-state index in [4.69, 9.17) is 4.74 Å². The Bertz CT molecular complexity index is 196. The number of nitrogens with zero attached hydrogens (tertiary/aromatic N) is 1. The van der Waals surface area contributed by atoms with Gasteiger partial charge in [-0.05, 0) is 26.7 Å². The topological polar surface area (TPSA) is 24.5 Å². The Morgan fingerprint density at radius 3 is 2.62 bits per heavy atom. The van der Waals surface area contributed by atoms with Crippen molar-refractivity contribution in [3.05, 3.63) is 0 Å². The molecule has 3 nitrogen and oxygen atoms in total. The highest BCUT2D eigenvalue weighted by molar-refractivity contribution is 4.76. The fraction of sp³-hybridized carbons (Fsp3) is 1.00. The Hall–Kier alpha value is -0.120. The van der Waals surface area contributed by atoms with E-state index in [1.54, 1.807) is 0 Å². The predicted octanol–water partition coefficient (Wildman–Crippen LogP) is 1.73. The molecule has 1 saturated heterocycles. The van der Waals surface area contributed by atoms with Crippen molar-refractivity contribution in [2.24, 2.45) is 5.92 Å². The molecule has 0 aromatic carbocycles. The van der Waals surface area contributed by atoms with Crippen LogP contribution >= 0.6 is 0 Å². The van der Waals surface area contributed by atoms with Crippen LogP contribution in [-0.4, -0.2) is 49.3 Å². The van der Waals surface area contributed by atoms with Crippen LogP contribution in [0.3, 0.4) is 0 Å². The van der Waals surface area contributed by atoms with Gasteiger partial charge in [-0.15, -0.1) is 0 Å². The first-order valence-electron chi connectivity index (χ1n) is 6.59. The number of hydrogen-bond acceptors (Lipinski definition) is 3. The van der Waals surface area contributed by atoms with Gasteiger partial charge < -0.3 is 10.1 Å². The van der Waals surface area contributed by atoms with Gasteiger partial charge in [0.1, 0.15) is 0 Å². The van der Waals surface area contributed by atoms with Gasteiger partial charge in [0, 0.05) is 31.7 Å². The summed E-state index contributed by atoms with van der Waals surface area (Å²) in [6, 6.07) is 1.17. The molecule has 1 aliphatic rings. The molecule has 1 aliphatic heterocycles. The van der Waals surface area contributed by atoms with Crippen LogP contribution in [0.25, 0.3) is 0 Å². The van der Waals surface area contributed by atoms with Crippen LogP contribution in [0.15, 0.2) is 0 Å². The lowest BCUT2D eigenvalue weighted by molar-refractivity contribution is -0.0488. The van der Waals surface area contributed by atoms with E-state index in [-0.39, 0.29) is 0 Å². The second kappa shape index (κ2) is 6.58. The van der Waals surface area contributed by atoms with Crippen molar-refractivity contribution in [3.63, 3.8) is 0 Å². The molecular weight excluding hydrogens is 200 g/mol. The summed E-state index contributed by atoms with van der Waals surface area (Å²) in [4.78, 5) is 2.52. The van der Waals surface area contributed by atoms with Crippen LogP contribution in [0, 0.1) is 5.92 Å². The average molecular weight is 228 g/mol.